The lowest BCUT2D eigenvalue weighted by Gasteiger charge is -2.27. The summed E-state index contributed by atoms with van der Waals surface area (Å²) in [5.74, 6) is -1.66. The van der Waals surface area contributed by atoms with Crippen LogP contribution in [-0.4, -0.2) is 44.7 Å². The number of carbonyl (C=O) groups is 3. The molecule has 1 aromatic heterocycles. The molecule has 2 amide bonds. The number of carbonyl (C=O) groups excluding carboxylic acids is 3. The van der Waals surface area contributed by atoms with E-state index in [1.165, 1.54) is 12.1 Å². The Kier molecular flexibility index (Phi) is 6.88. The fraction of sp³-hybridized carbons (Fsp3) is 0.167. The van der Waals surface area contributed by atoms with Gasteiger partial charge in [-0.15, -0.1) is 11.3 Å². The zero-order valence-corrected chi connectivity index (χ0v) is 20.9. The average Bonchev–Trinajstić information content (AvgIpc) is 3.26. The zero-order valence-electron chi connectivity index (χ0n) is 18.5. The number of sulfone groups is 1. The lowest BCUT2D eigenvalue weighted by atomic mass is 9.95. The standard InChI is InChI=1S/C24H20ClN3O5S2/c1-27-23(26)15-4-7-19-16(11-15)12-21(30)28(24(19)31)17-5-2-14(3-6-17)10-18(29)13-35(32,33)22-9-8-20(25)34-22/h2-9,11H,10,12-13H2,1H3,(H2,26,27). The van der Waals surface area contributed by atoms with Crippen LogP contribution in [0.5, 0.6) is 0 Å². The first-order valence-electron chi connectivity index (χ1n) is 10.4. The maximum Gasteiger partial charge on any atom is 0.265 e. The maximum absolute atomic E-state index is 13.0. The smallest absolute Gasteiger partial charge is 0.265 e. The molecule has 0 atom stereocenters. The lowest BCUT2D eigenvalue weighted by molar-refractivity contribution is -0.118. The van der Waals surface area contributed by atoms with E-state index in [2.05, 4.69) is 4.99 Å². The van der Waals surface area contributed by atoms with Crippen LogP contribution >= 0.6 is 22.9 Å². The Morgan fingerprint density at radius 3 is 2.46 bits per heavy atom. The molecule has 8 nitrogen and oxygen atoms in total. The summed E-state index contributed by atoms with van der Waals surface area (Å²) in [6.07, 6.45) is -0.0801. The number of thiophene rings is 1. The minimum atomic E-state index is -3.77. The number of hydrogen-bond donors (Lipinski definition) is 1. The summed E-state index contributed by atoms with van der Waals surface area (Å²) in [5, 5.41) is 0. The highest BCUT2D eigenvalue weighted by atomic mass is 35.5. The number of rotatable bonds is 7. The Hall–Kier alpha value is -3.34. The van der Waals surface area contributed by atoms with E-state index in [0.717, 1.165) is 16.2 Å². The summed E-state index contributed by atoms with van der Waals surface area (Å²) in [7, 11) is -2.21. The van der Waals surface area contributed by atoms with Crippen LogP contribution in [0.3, 0.4) is 0 Å². The van der Waals surface area contributed by atoms with Crippen molar-refractivity contribution in [1.29, 1.82) is 0 Å². The Labute approximate surface area is 211 Å². The molecule has 4 rings (SSSR count). The summed E-state index contributed by atoms with van der Waals surface area (Å²) in [6.45, 7) is 0. The fourth-order valence-corrected chi connectivity index (χ4v) is 6.57. The van der Waals surface area contributed by atoms with Crippen molar-refractivity contribution in [2.24, 2.45) is 10.7 Å². The number of nitrogens with zero attached hydrogens (tertiary/aromatic N) is 2. The van der Waals surface area contributed by atoms with Gasteiger partial charge in [0.05, 0.1) is 16.4 Å². The topological polar surface area (TPSA) is 127 Å². The first-order valence-corrected chi connectivity index (χ1v) is 13.3. The molecule has 0 radical (unpaired) electrons. The van der Waals surface area contributed by atoms with Crippen LogP contribution in [0.25, 0.3) is 0 Å². The Morgan fingerprint density at radius 1 is 1.11 bits per heavy atom. The van der Waals surface area contributed by atoms with Crippen LogP contribution in [-0.2, 0) is 32.3 Å². The second-order valence-corrected chi connectivity index (χ2v) is 11.8. The third-order valence-electron chi connectivity index (χ3n) is 5.47. The van der Waals surface area contributed by atoms with Crippen molar-refractivity contribution >= 4 is 61.9 Å². The third-order valence-corrected chi connectivity index (χ3v) is 8.96. The molecule has 0 saturated carbocycles. The number of anilines is 1. The van der Waals surface area contributed by atoms with Crippen molar-refractivity contribution < 1.29 is 22.8 Å². The lowest BCUT2D eigenvalue weighted by Crippen LogP contribution is -2.42. The molecule has 1 aliphatic heterocycles. The molecule has 180 valence electrons. The fourth-order valence-electron chi connectivity index (χ4n) is 3.76. The first kappa shape index (κ1) is 24.8. The highest BCUT2D eigenvalue weighted by molar-refractivity contribution is 7.94. The number of hydrogen-bond acceptors (Lipinski definition) is 7. The van der Waals surface area contributed by atoms with Crippen LogP contribution < -0.4 is 10.6 Å². The van der Waals surface area contributed by atoms with E-state index < -0.39 is 33.2 Å². The molecule has 11 heteroatoms. The van der Waals surface area contributed by atoms with Crippen LogP contribution in [0.15, 0.2) is 63.8 Å². The predicted octanol–water partition coefficient (Wildman–Crippen LogP) is 3.05. The summed E-state index contributed by atoms with van der Waals surface area (Å²) >= 11 is 6.70. The molecular weight excluding hydrogens is 510 g/mol. The van der Waals surface area contributed by atoms with E-state index in [1.54, 1.807) is 49.5 Å². The average molecular weight is 530 g/mol. The maximum atomic E-state index is 13.0. The second kappa shape index (κ2) is 9.73. The van der Waals surface area contributed by atoms with E-state index in [0.29, 0.717) is 38.1 Å². The number of aliphatic imine (C=N–C) groups is 1. The molecule has 0 unspecified atom stereocenters. The van der Waals surface area contributed by atoms with Crippen molar-refractivity contribution in [2.75, 3.05) is 17.7 Å². The molecule has 1 aliphatic rings. The number of benzene rings is 2. The van der Waals surface area contributed by atoms with Gasteiger partial charge in [-0.05, 0) is 47.5 Å². The van der Waals surface area contributed by atoms with Gasteiger partial charge in [0, 0.05) is 24.6 Å². The SMILES string of the molecule is CN=C(N)c1ccc2c(c1)CC(=O)N(c1ccc(CC(=O)CS(=O)(=O)c3ccc(Cl)s3)cc1)C2=O. The molecule has 0 spiro atoms. The van der Waals surface area contributed by atoms with Crippen LogP contribution in [0, 0.1) is 0 Å². The molecule has 2 N–H and O–H groups in total. The number of fused-ring (bicyclic) bond motifs is 1. The van der Waals surface area contributed by atoms with Gasteiger partial charge in [-0.3, -0.25) is 19.4 Å². The molecule has 2 aromatic carbocycles. The minimum Gasteiger partial charge on any atom is -0.384 e. The predicted molar refractivity (Wildman–Crippen MR) is 135 cm³/mol. The number of amidine groups is 1. The van der Waals surface area contributed by atoms with Crippen molar-refractivity contribution in [3.8, 4) is 0 Å². The monoisotopic (exact) mass is 529 g/mol. The van der Waals surface area contributed by atoms with E-state index in [9.17, 15) is 22.8 Å². The van der Waals surface area contributed by atoms with Gasteiger partial charge < -0.3 is 5.73 Å². The molecule has 35 heavy (non-hydrogen) atoms. The normalized spacial score (nSPS) is 14.2. The highest BCUT2D eigenvalue weighted by Gasteiger charge is 2.32. The number of ketones is 1. The van der Waals surface area contributed by atoms with E-state index in [1.807, 2.05) is 0 Å². The van der Waals surface area contributed by atoms with Crippen molar-refractivity contribution in [3.05, 3.63) is 81.2 Å². The Morgan fingerprint density at radius 2 is 1.83 bits per heavy atom. The Bertz CT molecular complexity index is 1480. The highest BCUT2D eigenvalue weighted by Crippen LogP contribution is 2.28. The van der Waals surface area contributed by atoms with E-state index >= 15 is 0 Å². The quantitative estimate of drug-likeness (QED) is 0.285. The van der Waals surface area contributed by atoms with Gasteiger partial charge in [0.1, 0.15) is 15.8 Å². The first-order chi connectivity index (χ1) is 16.6. The van der Waals surface area contributed by atoms with Gasteiger partial charge in [-0.2, -0.15) is 0 Å². The largest absolute Gasteiger partial charge is 0.384 e. The molecular formula is C24H20ClN3O5S2. The number of amides is 2. The van der Waals surface area contributed by atoms with Gasteiger partial charge in [0.15, 0.2) is 15.6 Å². The molecule has 0 fully saturated rings. The third kappa shape index (κ3) is 5.19. The zero-order chi connectivity index (χ0) is 25.3. The number of imide groups is 1. The summed E-state index contributed by atoms with van der Waals surface area (Å²) in [6, 6.07) is 14.2. The summed E-state index contributed by atoms with van der Waals surface area (Å²) < 4.78 is 25.2. The van der Waals surface area contributed by atoms with E-state index in [-0.39, 0.29) is 17.1 Å². The molecule has 0 bridgehead atoms. The molecule has 0 saturated heterocycles. The van der Waals surface area contributed by atoms with Gasteiger partial charge in [0.2, 0.25) is 5.91 Å². The van der Waals surface area contributed by atoms with Crippen molar-refractivity contribution in [2.45, 2.75) is 17.1 Å². The van der Waals surface area contributed by atoms with Gasteiger partial charge in [0.25, 0.3) is 5.91 Å². The van der Waals surface area contributed by atoms with Crippen LogP contribution in [0.2, 0.25) is 4.34 Å². The summed E-state index contributed by atoms with van der Waals surface area (Å²) in [5.41, 5.74) is 8.38. The number of nitrogens with two attached hydrogens (primary N) is 1. The Balaban J connectivity index is 1.48. The van der Waals surface area contributed by atoms with Crippen molar-refractivity contribution in [3.63, 3.8) is 0 Å². The second-order valence-electron chi connectivity index (χ2n) is 7.89. The van der Waals surface area contributed by atoms with Gasteiger partial charge in [-0.1, -0.05) is 29.8 Å². The summed E-state index contributed by atoms with van der Waals surface area (Å²) in [4.78, 5) is 43.2. The van der Waals surface area contributed by atoms with E-state index in [4.69, 9.17) is 17.3 Å². The molecule has 0 aliphatic carbocycles. The van der Waals surface area contributed by atoms with Gasteiger partial charge in [-0.25, -0.2) is 13.3 Å². The number of halogens is 1. The number of Topliss-reactive ketones (excluding diaryl/α,β-unsaturated/α-hetero) is 1. The van der Waals surface area contributed by atoms with Gasteiger partial charge >= 0.3 is 0 Å². The van der Waals surface area contributed by atoms with Crippen molar-refractivity contribution in [1.82, 2.24) is 0 Å². The molecule has 2 heterocycles. The van der Waals surface area contributed by atoms with Crippen LogP contribution in [0.1, 0.15) is 27.0 Å². The molecule has 3 aromatic rings. The minimum absolute atomic E-state index is 0.0245. The van der Waals surface area contributed by atoms with Crippen LogP contribution in [0.4, 0.5) is 5.69 Å².